The number of ether oxygens (including phenoxy) is 1. The van der Waals surface area contributed by atoms with Gasteiger partial charge in [0.25, 0.3) is 0 Å². The van der Waals surface area contributed by atoms with E-state index in [1.54, 1.807) is 18.3 Å². The van der Waals surface area contributed by atoms with Crippen LogP contribution in [0.15, 0.2) is 54.7 Å². The van der Waals surface area contributed by atoms with Gasteiger partial charge >= 0.3 is 0 Å². The highest BCUT2D eigenvalue weighted by Crippen LogP contribution is 2.29. The van der Waals surface area contributed by atoms with Crippen LogP contribution in [-0.2, 0) is 6.54 Å². The van der Waals surface area contributed by atoms with Gasteiger partial charge in [0.2, 0.25) is 0 Å². The number of benzene rings is 2. The van der Waals surface area contributed by atoms with Crippen LogP contribution < -0.4 is 10.5 Å². The Bertz CT molecular complexity index is 758. The molecular formula is C16H13ClN2O. The van der Waals surface area contributed by atoms with Gasteiger partial charge in [0.15, 0.2) is 0 Å². The van der Waals surface area contributed by atoms with Crippen molar-refractivity contribution < 1.29 is 4.74 Å². The number of hydrogen-bond donors (Lipinski definition) is 1. The van der Waals surface area contributed by atoms with Crippen LogP contribution >= 0.6 is 11.6 Å². The lowest BCUT2D eigenvalue weighted by Gasteiger charge is -2.10. The van der Waals surface area contributed by atoms with E-state index in [9.17, 15) is 0 Å². The number of halogens is 1. The number of pyridine rings is 1. The van der Waals surface area contributed by atoms with Crippen molar-refractivity contribution in [2.45, 2.75) is 6.54 Å². The van der Waals surface area contributed by atoms with Crippen LogP contribution in [-0.4, -0.2) is 4.98 Å². The predicted octanol–water partition coefficient (Wildman–Crippen LogP) is 4.14. The lowest BCUT2D eigenvalue weighted by atomic mass is 10.2. The molecule has 0 aliphatic carbocycles. The topological polar surface area (TPSA) is 48.1 Å². The quantitative estimate of drug-likeness (QED) is 0.786. The van der Waals surface area contributed by atoms with Gasteiger partial charge in [-0.1, -0.05) is 35.9 Å². The van der Waals surface area contributed by atoms with Gasteiger partial charge < -0.3 is 10.5 Å². The summed E-state index contributed by atoms with van der Waals surface area (Å²) in [4.78, 5) is 4.37. The Morgan fingerprint density at radius 2 is 1.95 bits per heavy atom. The number of fused-ring (bicyclic) bond motifs is 1. The van der Waals surface area contributed by atoms with Gasteiger partial charge in [-0.25, -0.2) is 0 Å². The predicted molar refractivity (Wildman–Crippen MR) is 81.2 cm³/mol. The molecule has 0 unspecified atom stereocenters. The second-order valence-corrected chi connectivity index (χ2v) is 4.86. The molecule has 0 aliphatic rings. The fraction of sp³-hybridized carbons (Fsp3) is 0.0625. The molecule has 3 nitrogen and oxygen atoms in total. The first-order valence-corrected chi connectivity index (χ1v) is 6.65. The molecule has 1 heterocycles. The number of hydrogen-bond acceptors (Lipinski definition) is 3. The minimum atomic E-state index is 0.396. The third kappa shape index (κ3) is 2.59. The smallest absolute Gasteiger partial charge is 0.146 e. The maximum atomic E-state index is 6.00. The standard InChI is InChI=1S/C16H13ClN2O/c17-13-6-5-12(9-18)16(8-13)20-14-7-11-3-1-2-4-15(11)19-10-14/h1-8,10H,9,18H2. The van der Waals surface area contributed by atoms with Gasteiger partial charge in [-0.05, 0) is 24.3 Å². The first-order valence-electron chi connectivity index (χ1n) is 6.27. The second kappa shape index (κ2) is 5.49. The van der Waals surface area contributed by atoms with E-state index >= 15 is 0 Å². The molecule has 0 saturated heterocycles. The van der Waals surface area contributed by atoms with Gasteiger partial charge in [0.05, 0.1) is 11.7 Å². The van der Waals surface area contributed by atoms with Crippen LogP contribution in [0.25, 0.3) is 10.9 Å². The maximum Gasteiger partial charge on any atom is 0.146 e. The summed E-state index contributed by atoms with van der Waals surface area (Å²) in [6, 6.07) is 15.3. The van der Waals surface area contributed by atoms with Crippen molar-refractivity contribution in [2.75, 3.05) is 0 Å². The lowest BCUT2D eigenvalue weighted by molar-refractivity contribution is 0.475. The van der Waals surface area contributed by atoms with E-state index in [0.29, 0.717) is 23.1 Å². The average molecular weight is 285 g/mol. The minimum Gasteiger partial charge on any atom is -0.455 e. The van der Waals surface area contributed by atoms with Gasteiger partial charge in [0.1, 0.15) is 11.5 Å². The van der Waals surface area contributed by atoms with Crippen LogP contribution in [0.4, 0.5) is 0 Å². The van der Waals surface area contributed by atoms with Gasteiger partial charge in [-0.3, -0.25) is 4.98 Å². The van der Waals surface area contributed by atoms with E-state index < -0.39 is 0 Å². The molecule has 3 rings (SSSR count). The van der Waals surface area contributed by atoms with Crippen LogP contribution in [0.3, 0.4) is 0 Å². The summed E-state index contributed by atoms with van der Waals surface area (Å²) in [5.74, 6) is 1.33. The summed E-state index contributed by atoms with van der Waals surface area (Å²) >= 11 is 6.00. The summed E-state index contributed by atoms with van der Waals surface area (Å²) in [7, 11) is 0. The largest absolute Gasteiger partial charge is 0.455 e. The number of para-hydroxylation sites is 1. The Kier molecular flexibility index (Phi) is 3.54. The third-order valence-electron chi connectivity index (χ3n) is 3.04. The summed E-state index contributed by atoms with van der Waals surface area (Å²) in [5, 5.41) is 1.65. The van der Waals surface area contributed by atoms with Crippen LogP contribution in [0.2, 0.25) is 5.02 Å². The molecule has 0 atom stereocenters. The zero-order chi connectivity index (χ0) is 13.9. The normalized spacial score (nSPS) is 10.7. The Morgan fingerprint density at radius 3 is 2.80 bits per heavy atom. The monoisotopic (exact) mass is 284 g/mol. The molecule has 0 bridgehead atoms. The van der Waals surface area contributed by atoms with E-state index in [2.05, 4.69) is 4.98 Å². The fourth-order valence-electron chi connectivity index (χ4n) is 2.03. The molecule has 2 aromatic carbocycles. The van der Waals surface area contributed by atoms with Crippen molar-refractivity contribution in [3.05, 3.63) is 65.3 Å². The fourth-order valence-corrected chi connectivity index (χ4v) is 2.19. The summed E-state index contributed by atoms with van der Waals surface area (Å²) in [6.07, 6.45) is 1.70. The molecule has 1 aromatic heterocycles. The third-order valence-corrected chi connectivity index (χ3v) is 3.28. The van der Waals surface area contributed by atoms with E-state index in [-0.39, 0.29) is 0 Å². The zero-order valence-electron chi connectivity index (χ0n) is 10.7. The van der Waals surface area contributed by atoms with E-state index in [1.165, 1.54) is 0 Å². The molecular weight excluding hydrogens is 272 g/mol. The molecule has 0 aliphatic heterocycles. The van der Waals surface area contributed by atoms with Crippen molar-refractivity contribution in [3.8, 4) is 11.5 Å². The average Bonchev–Trinajstić information content (AvgIpc) is 2.47. The zero-order valence-corrected chi connectivity index (χ0v) is 11.5. The van der Waals surface area contributed by atoms with Crippen molar-refractivity contribution in [3.63, 3.8) is 0 Å². The van der Waals surface area contributed by atoms with Gasteiger partial charge in [-0.2, -0.15) is 0 Å². The van der Waals surface area contributed by atoms with Crippen molar-refractivity contribution in [1.82, 2.24) is 4.98 Å². The molecule has 3 aromatic rings. The molecule has 4 heteroatoms. The van der Waals surface area contributed by atoms with Gasteiger partial charge in [-0.15, -0.1) is 0 Å². The summed E-state index contributed by atoms with van der Waals surface area (Å²) in [6.45, 7) is 0.396. The van der Waals surface area contributed by atoms with E-state index in [4.69, 9.17) is 22.1 Å². The first-order chi connectivity index (χ1) is 9.76. The number of rotatable bonds is 3. The van der Waals surface area contributed by atoms with Crippen molar-refractivity contribution in [1.29, 1.82) is 0 Å². The highest BCUT2D eigenvalue weighted by molar-refractivity contribution is 6.30. The lowest BCUT2D eigenvalue weighted by Crippen LogP contribution is -1.99. The van der Waals surface area contributed by atoms with Crippen LogP contribution in [0.5, 0.6) is 11.5 Å². The highest BCUT2D eigenvalue weighted by Gasteiger charge is 2.06. The summed E-state index contributed by atoms with van der Waals surface area (Å²) in [5.41, 5.74) is 7.55. The molecule has 0 spiro atoms. The number of aromatic nitrogens is 1. The van der Waals surface area contributed by atoms with Crippen LogP contribution in [0.1, 0.15) is 5.56 Å². The van der Waals surface area contributed by atoms with Crippen LogP contribution in [0, 0.1) is 0 Å². The van der Waals surface area contributed by atoms with E-state index in [0.717, 1.165) is 16.5 Å². The molecule has 0 saturated carbocycles. The Morgan fingerprint density at radius 1 is 1.10 bits per heavy atom. The molecule has 0 fully saturated rings. The Hall–Kier alpha value is -2.10. The SMILES string of the molecule is NCc1ccc(Cl)cc1Oc1cnc2ccccc2c1. The minimum absolute atomic E-state index is 0.396. The molecule has 0 radical (unpaired) electrons. The second-order valence-electron chi connectivity index (χ2n) is 4.42. The molecule has 2 N–H and O–H groups in total. The number of nitrogens with zero attached hydrogens (tertiary/aromatic N) is 1. The Balaban J connectivity index is 1.98. The molecule has 100 valence electrons. The van der Waals surface area contributed by atoms with Gasteiger partial charge in [0, 0.05) is 22.5 Å². The molecule has 0 amide bonds. The summed E-state index contributed by atoms with van der Waals surface area (Å²) < 4.78 is 5.86. The first kappa shape index (κ1) is 12.9. The highest BCUT2D eigenvalue weighted by atomic mass is 35.5. The van der Waals surface area contributed by atoms with Crippen molar-refractivity contribution in [2.24, 2.45) is 5.73 Å². The van der Waals surface area contributed by atoms with E-state index in [1.807, 2.05) is 36.4 Å². The maximum absolute atomic E-state index is 6.00. The van der Waals surface area contributed by atoms with Crippen molar-refractivity contribution >= 4 is 22.5 Å². The molecule has 20 heavy (non-hydrogen) atoms. The number of nitrogens with two attached hydrogens (primary N) is 1. The Labute approximate surface area is 122 Å².